The second kappa shape index (κ2) is 6.36. The lowest BCUT2D eigenvalue weighted by molar-refractivity contribution is -0.178. The molecule has 0 spiro atoms. The Kier molecular flexibility index (Phi) is 5.09. The minimum Gasteiger partial charge on any atom is -0.464 e. The molecule has 0 heterocycles. The molecular formula is C13H14F3NO2. The third-order valence-corrected chi connectivity index (χ3v) is 2.33. The van der Waals surface area contributed by atoms with Gasteiger partial charge in [-0.15, -0.1) is 0 Å². The molecular weight excluding hydrogens is 259 g/mol. The maximum Gasteiger partial charge on any atom is 0.421 e. The maximum absolute atomic E-state index is 12.8. The van der Waals surface area contributed by atoms with E-state index in [4.69, 9.17) is 0 Å². The highest BCUT2D eigenvalue weighted by Crippen LogP contribution is 2.24. The highest BCUT2D eigenvalue weighted by Gasteiger charge is 2.46. The van der Waals surface area contributed by atoms with E-state index in [0.29, 0.717) is 5.56 Å². The number of benzene rings is 1. The van der Waals surface area contributed by atoms with Gasteiger partial charge in [0.2, 0.25) is 6.04 Å². The highest BCUT2D eigenvalue weighted by molar-refractivity contribution is 6.00. The fourth-order valence-electron chi connectivity index (χ4n) is 1.43. The molecule has 104 valence electrons. The number of halogens is 3. The van der Waals surface area contributed by atoms with Crippen LogP contribution in [0.1, 0.15) is 19.4 Å². The number of ether oxygens (including phenoxy) is 1. The summed E-state index contributed by atoms with van der Waals surface area (Å²) in [6.07, 6.45) is -4.76. The second-order valence-corrected chi connectivity index (χ2v) is 3.78. The Balaban J connectivity index is 3.04. The molecule has 1 unspecified atom stereocenters. The van der Waals surface area contributed by atoms with Crippen LogP contribution in [0.15, 0.2) is 35.3 Å². The molecule has 6 heteroatoms. The molecule has 1 rings (SSSR count). The summed E-state index contributed by atoms with van der Waals surface area (Å²) < 4.78 is 42.7. The van der Waals surface area contributed by atoms with Gasteiger partial charge in [0.15, 0.2) is 0 Å². The minimum absolute atomic E-state index is 0.120. The van der Waals surface area contributed by atoms with E-state index in [1.807, 2.05) is 0 Å². The molecule has 0 N–H and O–H groups in total. The van der Waals surface area contributed by atoms with Crippen molar-refractivity contribution in [2.45, 2.75) is 26.1 Å². The number of nitrogens with zero attached hydrogens (tertiary/aromatic N) is 1. The van der Waals surface area contributed by atoms with Crippen molar-refractivity contribution in [2.75, 3.05) is 6.61 Å². The van der Waals surface area contributed by atoms with Crippen molar-refractivity contribution in [3.8, 4) is 0 Å². The van der Waals surface area contributed by atoms with Gasteiger partial charge in [0, 0.05) is 5.71 Å². The lowest BCUT2D eigenvalue weighted by atomic mass is 10.1. The summed E-state index contributed by atoms with van der Waals surface area (Å²) in [7, 11) is 0. The molecule has 3 nitrogen and oxygen atoms in total. The predicted octanol–water partition coefficient (Wildman–Crippen LogP) is 2.99. The number of carbonyl (C=O) groups excluding carboxylic acids is 1. The zero-order valence-electron chi connectivity index (χ0n) is 10.6. The molecule has 1 aromatic rings. The SMILES string of the molecule is CCOC(=O)C(N=C(C)c1ccccc1)C(F)(F)F. The average molecular weight is 273 g/mol. The second-order valence-electron chi connectivity index (χ2n) is 3.78. The van der Waals surface area contributed by atoms with Crippen LogP contribution in [0, 0.1) is 0 Å². The summed E-state index contributed by atoms with van der Waals surface area (Å²) in [5.74, 6) is -1.38. The van der Waals surface area contributed by atoms with Gasteiger partial charge in [0.25, 0.3) is 0 Å². The lowest BCUT2D eigenvalue weighted by Gasteiger charge is -2.16. The van der Waals surface area contributed by atoms with E-state index in [1.165, 1.54) is 13.8 Å². The Bertz CT molecular complexity index is 455. The first-order valence-electron chi connectivity index (χ1n) is 5.69. The molecule has 1 atom stereocenters. The van der Waals surface area contributed by atoms with Gasteiger partial charge >= 0.3 is 12.1 Å². The van der Waals surface area contributed by atoms with Crippen molar-refractivity contribution in [1.82, 2.24) is 0 Å². The maximum atomic E-state index is 12.8. The lowest BCUT2D eigenvalue weighted by Crippen LogP contribution is -2.37. The van der Waals surface area contributed by atoms with Crippen LogP contribution in [-0.4, -0.2) is 30.5 Å². The van der Waals surface area contributed by atoms with Gasteiger partial charge in [-0.05, 0) is 19.4 Å². The van der Waals surface area contributed by atoms with Gasteiger partial charge in [-0.3, -0.25) is 4.99 Å². The van der Waals surface area contributed by atoms with Crippen LogP contribution in [0.2, 0.25) is 0 Å². The van der Waals surface area contributed by atoms with E-state index >= 15 is 0 Å². The van der Waals surface area contributed by atoms with Crippen molar-refractivity contribution in [2.24, 2.45) is 4.99 Å². The molecule has 0 fully saturated rings. The Morgan fingerprint density at radius 2 is 1.89 bits per heavy atom. The van der Waals surface area contributed by atoms with E-state index in [0.717, 1.165) is 0 Å². The molecule has 1 aromatic carbocycles. The predicted molar refractivity (Wildman–Crippen MR) is 65.1 cm³/mol. The quantitative estimate of drug-likeness (QED) is 0.625. The third kappa shape index (κ3) is 4.39. The summed E-state index contributed by atoms with van der Waals surface area (Å²) >= 11 is 0. The average Bonchev–Trinajstić information content (AvgIpc) is 2.35. The van der Waals surface area contributed by atoms with Crippen molar-refractivity contribution >= 4 is 11.7 Å². The smallest absolute Gasteiger partial charge is 0.421 e. The zero-order valence-corrected chi connectivity index (χ0v) is 10.6. The summed E-state index contributed by atoms with van der Waals surface area (Å²) in [6, 6.07) is 5.87. The molecule has 0 bridgehead atoms. The minimum atomic E-state index is -4.76. The molecule has 0 radical (unpaired) electrons. The number of aliphatic imine (C=N–C) groups is 1. The van der Waals surface area contributed by atoms with Crippen molar-refractivity contribution in [3.05, 3.63) is 35.9 Å². The van der Waals surface area contributed by atoms with Gasteiger partial charge in [0.05, 0.1) is 6.61 Å². The first-order chi connectivity index (χ1) is 8.86. The molecule has 0 saturated heterocycles. The standard InChI is InChI=1S/C13H14F3NO2/c1-3-19-12(18)11(13(14,15)16)17-9(2)10-7-5-4-6-8-10/h4-8,11H,3H2,1-2H3. The van der Waals surface area contributed by atoms with Gasteiger partial charge in [0.1, 0.15) is 0 Å². The largest absolute Gasteiger partial charge is 0.464 e. The summed E-state index contributed by atoms with van der Waals surface area (Å²) in [5.41, 5.74) is 0.664. The van der Waals surface area contributed by atoms with Gasteiger partial charge in [-0.25, -0.2) is 4.79 Å². The topological polar surface area (TPSA) is 38.7 Å². The van der Waals surface area contributed by atoms with E-state index in [2.05, 4.69) is 9.73 Å². The highest BCUT2D eigenvalue weighted by atomic mass is 19.4. The van der Waals surface area contributed by atoms with Gasteiger partial charge in [-0.1, -0.05) is 30.3 Å². The Hall–Kier alpha value is -1.85. The van der Waals surface area contributed by atoms with Gasteiger partial charge < -0.3 is 4.74 Å². The molecule has 0 aliphatic carbocycles. The monoisotopic (exact) mass is 273 g/mol. The first kappa shape index (κ1) is 15.2. The van der Waals surface area contributed by atoms with Crippen molar-refractivity contribution < 1.29 is 22.7 Å². The van der Waals surface area contributed by atoms with Crippen LogP contribution in [-0.2, 0) is 9.53 Å². The number of hydrogen-bond donors (Lipinski definition) is 0. The Labute approximate surface area is 109 Å². The van der Waals surface area contributed by atoms with Crippen LogP contribution < -0.4 is 0 Å². The van der Waals surface area contributed by atoms with E-state index < -0.39 is 18.2 Å². The molecule has 19 heavy (non-hydrogen) atoms. The number of alkyl halides is 3. The molecule has 0 aliphatic heterocycles. The van der Waals surface area contributed by atoms with Crippen molar-refractivity contribution in [3.63, 3.8) is 0 Å². The van der Waals surface area contributed by atoms with Crippen LogP contribution in [0.4, 0.5) is 13.2 Å². The normalized spacial score (nSPS) is 14.1. The number of carbonyl (C=O) groups is 1. The molecule has 0 amide bonds. The Morgan fingerprint density at radius 1 is 1.32 bits per heavy atom. The van der Waals surface area contributed by atoms with Crippen LogP contribution in [0.5, 0.6) is 0 Å². The van der Waals surface area contributed by atoms with Crippen LogP contribution >= 0.6 is 0 Å². The van der Waals surface area contributed by atoms with E-state index in [1.54, 1.807) is 30.3 Å². The summed E-state index contributed by atoms with van der Waals surface area (Å²) in [5, 5.41) is 0. The van der Waals surface area contributed by atoms with Crippen LogP contribution in [0.3, 0.4) is 0 Å². The molecule has 0 saturated carbocycles. The fourth-order valence-corrected chi connectivity index (χ4v) is 1.43. The first-order valence-corrected chi connectivity index (χ1v) is 5.69. The third-order valence-electron chi connectivity index (χ3n) is 2.33. The number of esters is 1. The van der Waals surface area contributed by atoms with E-state index in [-0.39, 0.29) is 12.3 Å². The fraction of sp³-hybridized carbons (Fsp3) is 0.385. The molecule has 0 aromatic heterocycles. The summed E-state index contributed by atoms with van der Waals surface area (Å²) in [4.78, 5) is 14.8. The van der Waals surface area contributed by atoms with Gasteiger partial charge in [-0.2, -0.15) is 13.2 Å². The van der Waals surface area contributed by atoms with Crippen LogP contribution in [0.25, 0.3) is 0 Å². The Morgan fingerprint density at radius 3 is 2.37 bits per heavy atom. The zero-order chi connectivity index (χ0) is 14.5. The molecule has 0 aliphatic rings. The van der Waals surface area contributed by atoms with Crippen molar-refractivity contribution in [1.29, 1.82) is 0 Å². The summed E-state index contributed by atoms with van der Waals surface area (Å²) in [6.45, 7) is 2.75. The number of rotatable bonds is 4. The van der Waals surface area contributed by atoms with E-state index in [9.17, 15) is 18.0 Å². The number of hydrogen-bond acceptors (Lipinski definition) is 3.